The SMILES string of the molecule is CCCc1cc2cc(C(=O)C(C)CCC(CC)OC)ccc2nc1C. The summed E-state index contributed by atoms with van der Waals surface area (Å²) in [6.07, 6.45) is 5.14. The van der Waals surface area contributed by atoms with E-state index in [-0.39, 0.29) is 17.8 Å². The molecule has 2 aromatic rings. The van der Waals surface area contributed by atoms with E-state index in [9.17, 15) is 4.79 Å². The zero-order chi connectivity index (χ0) is 18.4. The van der Waals surface area contributed by atoms with Crippen molar-refractivity contribution in [1.82, 2.24) is 4.98 Å². The highest BCUT2D eigenvalue weighted by atomic mass is 16.5. The number of aromatic nitrogens is 1. The number of rotatable bonds is 9. The third-order valence-electron chi connectivity index (χ3n) is 5.07. The maximum atomic E-state index is 12.8. The number of hydrogen-bond donors (Lipinski definition) is 0. The van der Waals surface area contributed by atoms with Crippen LogP contribution >= 0.6 is 0 Å². The number of aryl methyl sites for hydroxylation is 2. The molecule has 1 aromatic carbocycles. The Morgan fingerprint density at radius 1 is 1.20 bits per heavy atom. The number of carbonyl (C=O) groups excluding carboxylic acids is 1. The van der Waals surface area contributed by atoms with Crippen LogP contribution in [0.15, 0.2) is 24.3 Å². The van der Waals surface area contributed by atoms with Gasteiger partial charge in [0.2, 0.25) is 0 Å². The first kappa shape index (κ1) is 19.6. The van der Waals surface area contributed by atoms with Crippen LogP contribution < -0.4 is 0 Å². The Balaban J connectivity index is 2.19. The van der Waals surface area contributed by atoms with Gasteiger partial charge in [-0.2, -0.15) is 0 Å². The summed E-state index contributed by atoms with van der Waals surface area (Å²) < 4.78 is 5.42. The summed E-state index contributed by atoms with van der Waals surface area (Å²) in [5.74, 6) is 0.223. The minimum Gasteiger partial charge on any atom is -0.381 e. The van der Waals surface area contributed by atoms with Crippen molar-refractivity contribution >= 4 is 16.7 Å². The second-order valence-electron chi connectivity index (χ2n) is 7.00. The maximum Gasteiger partial charge on any atom is 0.165 e. The molecule has 0 aliphatic carbocycles. The van der Waals surface area contributed by atoms with E-state index in [2.05, 4.69) is 26.8 Å². The lowest BCUT2D eigenvalue weighted by molar-refractivity contribution is 0.0792. The fourth-order valence-corrected chi connectivity index (χ4v) is 3.33. The molecule has 2 rings (SSSR count). The van der Waals surface area contributed by atoms with Crippen molar-refractivity contribution in [3.63, 3.8) is 0 Å². The van der Waals surface area contributed by atoms with Crippen LogP contribution in [0.1, 0.15) is 68.1 Å². The second kappa shape index (κ2) is 9.10. The van der Waals surface area contributed by atoms with E-state index in [0.717, 1.165) is 54.3 Å². The summed E-state index contributed by atoms with van der Waals surface area (Å²) in [5, 5.41) is 1.07. The number of Topliss-reactive ketones (excluding diaryl/α,β-unsaturated/α-hetero) is 1. The van der Waals surface area contributed by atoms with Gasteiger partial charge in [0.25, 0.3) is 0 Å². The summed E-state index contributed by atoms with van der Waals surface area (Å²) in [4.78, 5) is 17.5. The minimum absolute atomic E-state index is 0.00942. The molecule has 0 saturated heterocycles. The van der Waals surface area contributed by atoms with E-state index in [4.69, 9.17) is 9.72 Å². The predicted molar refractivity (Wildman–Crippen MR) is 104 cm³/mol. The molecule has 0 saturated carbocycles. The van der Waals surface area contributed by atoms with Crippen molar-refractivity contribution in [3.05, 3.63) is 41.1 Å². The Hall–Kier alpha value is -1.74. The number of nitrogens with zero attached hydrogens (tertiary/aromatic N) is 1. The van der Waals surface area contributed by atoms with E-state index >= 15 is 0 Å². The average molecular weight is 341 g/mol. The quantitative estimate of drug-likeness (QED) is 0.564. The molecule has 1 aromatic heterocycles. The van der Waals surface area contributed by atoms with Crippen LogP contribution in [0.5, 0.6) is 0 Å². The number of fused-ring (bicyclic) bond motifs is 1. The lowest BCUT2D eigenvalue weighted by Crippen LogP contribution is -2.16. The Bertz CT molecular complexity index is 719. The van der Waals surface area contributed by atoms with Crippen molar-refractivity contribution in [2.75, 3.05) is 7.11 Å². The van der Waals surface area contributed by atoms with Crippen molar-refractivity contribution < 1.29 is 9.53 Å². The van der Waals surface area contributed by atoms with Gasteiger partial charge in [0.15, 0.2) is 5.78 Å². The monoisotopic (exact) mass is 341 g/mol. The molecule has 0 bridgehead atoms. The first-order valence-electron chi connectivity index (χ1n) is 9.47. The molecular weight excluding hydrogens is 310 g/mol. The lowest BCUT2D eigenvalue weighted by Gasteiger charge is -2.16. The molecule has 3 nitrogen and oxygen atoms in total. The van der Waals surface area contributed by atoms with Crippen molar-refractivity contribution in [2.45, 2.75) is 65.9 Å². The number of carbonyl (C=O) groups is 1. The van der Waals surface area contributed by atoms with Crippen LogP contribution in [0.4, 0.5) is 0 Å². The predicted octanol–water partition coefficient (Wildman–Crippen LogP) is 5.52. The van der Waals surface area contributed by atoms with Crippen LogP contribution in [0, 0.1) is 12.8 Å². The topological polar surface area (TPSA) is 39.2 Å². The minimum atomic E-state index is 0.00942. The van der Waals surface area contributed by atoms with E-state index in [1.165, 1.54) is 5.56 Å². The Labute approximate surface area is 151 Å². The molecular formula is C22H31NO2. The number of ether oxygens (including phenoxy) is 1. The molecule has 2 atom stereocenters. The summed E-state index contributed by atoms with van der Waals surface area (Å²) in [5.41, 5.74) is 4.12. The highest BCUT2D eigenvalue weighted by Gasteiger charge is 2.17. The molecule has 0 aliphatic rings. The third kappa shape index (κ3) is 4.88. The van der Waals surface area contributed by atoms with Crippen LogP contribution in [0.25, 0.3) is 10.9 Å². The first-order valence-corrected chi connectivity index (χ1v) is 9.47. The number of ketones is 1. The van der Waals surface area contributed by atoms with Gasteiger partial charge >= 0.3 is 0 Å². The third-order valence-corrected chi connectivity index (χ3v) is 5.07. The van der Waals surface area contributed by atoms with Gasteiger partial charge in [-0.15, -0.1) is 0 Å². The number of hydrogen-bond acceptors (Lipinski definition) is 3. The number of methoxy groups -OCH3 is 1. The fraction of sp³-hybridized carbons (Fsp3) is 0.545. The lowest BCUT2D eigenvalue weighted by atomic mass is 9.92. The highest BCUT2D eigenvalue weighted by Crippen LogP contribution is 2.22. The van der Waals surface area contributed by atoms with Crippen molar-refractivity contribution in [1.29, 1.82) is 0 Å². The summed E-state index contributed by atoms with van der Waals surface area (Å²) >= 11 is 0. The molecule has 0 N–H and O–H groups in total. The van der Waals surface area contributed by atoms with Crippen LogP contribution in [-0.2, 0) is 11.2 Å². The standard InChI is InChI=1S/C22H31NO2/c1-6-8-17-13-19-14-18(10-12-21(19)23-16(17)4)22(24)15(3)9-11-20(7-2)25-5/h10,12-15,20H,6-9,11H2,1-5H3. The van der Waals surface area contributed by atoms with Crippen LogP contribution in [0.2, 0.25) is 0 Å². The van der Waals surface area contributed by atoms with E-state index in [1.807, 2.05) is 25.1 Å². The molecule has 0 radical (unpaired) electrons. The zero-order valence-electron chi connectivity index (χ0n) is 16.3. The zero-order valence-corrected chi connectivity index (χ0v) is 16.3. The van der Waals surface area contributed by atoms with Gasteiger partial charge in [-0.1, -0.05) is 27.2 Å². The van der Waals surface area contributed by atoms with Gasteiger partial charge in [-0.3, -0.25) is 9.78 Å². The smallest absolute Gasteiger partial charge is 0.165 e. The van der Waals surface area contributed by atoms with E-state index in [1.54, 1.807) is 7.11 Å². The molecule has 2 unspecified atom stereocenters. The van der Waals surface area contributed by atoms with E-state index in [0.29, 0.717) is 0 Å². The Morgan fingerprint density at radius 2 is 1.96 bits per heavy atom. The summed E-state index contributed by atoms with van der Waals surface area (Å²) in [6, 6.07) is 8.09. The molecule has 0 aliphatic heterocycles. The number of benzene rings is 1. The largest absolute Gasteiger partial charge is 0.381 e. The molecule has 25 heavy (non-hydrogen) atoms. The van der Waals surface area contributed by atoms with Crippen molar-refractivity contribution in [3.8, 4) is 0 Å². The van der Waals surface area contributed by atoms with Crippen LogP contribution in [0.3, 0.4) is 0 Å². The summed E-state index contributed by atoms with van der Waals surface area (Å²) in [6.45, 7) is 8.37. The van der Waals surface area contributed by atoms with Gasteiger partial charge in [0.1, 0.15) is 0 Å². The van der Waals surface area contributed by atoms with Crippen molar-refractivity contribution in [2.24, 2.45) is 5.92 Å². The molecule has 1 heterocycles. The Kier molecular flexibility index (Phi) is 7.12. The van der Waals surface area contributed by atoms with Gasteiger partial charge in [-0.25, -0.2) is 0 Å². The molecule has 0 spiro atoms. The summed E-state index contributed by atoms with van der Waals surface area (Å²) in [7, 11) is 1.74. The van der Waals surface area contributed by atoms with Gasteiger partial charge in [0, 0.05) is 29.7 Å². The normalized spacial score (nSPS) is 13.8. The Morgan fingerprint density at radius 3 is 2.60 bits per heavy atom. The fourth-order valence-electron chi connectivity index (χ4n) is 3.33. The number of pyridine rings is 1. The second-order valence-corrected chi connectivity index (χ2v) is 7.00. The molecule has 3 heteroatoms. The average Bonchev–Trinajstić information content (AvgIpc) is 2.62. The molecule has 136 valence electrons. The van der Waals surface area contributed by atoms with Gasteiger partial charge in [-0.05, 0) is 62.4 Å². The highest BCUT2D eigenvalue weighted by molar-refractivity contribution is 6.00. The van der Waals surface area contributed by atoms with Gasteiger partial charge < -0.3 is 4.74 Å². The molecule has 0 fully saturated rings. The van der Waals surface area contributed by atoms with E-state index < -0.39 is 0 Å². The van der Waals surface area contributed by atoms with Crippen LogP contribution in [-0.4, -0.2) is 24.0 Å². The van der Waals surface area contributed by atoms with Gasteiger partial charge in [0.05, 0.1) is 11.6 Å². The molecule has 0 amide bonds. The maximum absolute atomic E-state index is 12.8. The first-order chi connectivity index (χ1) is 12.0.